The molecule has 0 radical (unpaired) electrons. The van der Waals surface area contributed by atoms with E-state index in [0.717, 1.165) is 23.2 Å². The van der Waals surface area contributed by atoms with Crippen molar-refractivity contribution < 1.29 is 0 Å². The Kier molecular flexibility index (Phi) is 4.25. The normalized spacial score (nSPS) is 10.5. The summed E-state index contributed by atoms with van der Waals surface area (Å²) in [6.07, 6.45) is 0. The van der Waals surface area contributed by atoms with Crippen LogP contribution in [0.2, 0.25) is 0 Å². The molecule has 13 heavy (non-hydrogen) atoms. The summed E-state index contributed by atoms with van der Waals surface area (Å²) in [6.45, 7) is 6.28. The zero-order valence-corrected chi connectivity index (χ0v) is 9.63. The van der Waals surface area contributed by atoms with Gasteiger partial charge in [-0.25, -0.2) is 5.01 Å². The number of hydrogen-bond donors (Lipinski definition) is 1. The average molecular weight is 243 g/mol. The zero-order valence-electron chi connectivity index (χ0n) is 8.05. The number of anilines is 1. The Labute approximate surface area is 88.0 Å². The SMILES string of the molecule is CCN(CC)Nc1ccc(Br)cc1. The topological polar surface area (TPSA) is 15.3 Å². The number of nitrogens with one attached hydrogen (secondary N) is 1. The Hall–Kier alpha value is -0.540. The first kappa shape index (κ1) is 10.5. The minimum Gasteiger partial charge on any atom is -0.319 e. The molecule has 2 nitrogen and oxygen atoms in total. The maximum atomic E-state index is 3.40. The van der Waals surface area contributed by atoms with E-state index in [1.165, 1.54) is 0 Å². The van der Waals surface area contributed by atoms with Crippen molar-refractivity contribution in [3.05, 3.63) is 28.7 Å². The smallest absolute Gasteiger partial charge is 0.0490 e. The molecule has 0 saturated carbocycles. The lowest BCUT2D eigenvalue weighted by Crippen LogP contribution is -2.29. The second-order valence-corrected chi connectivity index (χ2v) is 3.71. The van der Waals surface area contributed by atoms with Crippen LogP contribution in [0.25, 0.3) is 0 Å². The fourth-order valence-electron chi connectivity index (χ4n) is 1.09. The maximum Gasteiger partial charge on any atom is 0.0490 e. The molecule has 0 aliphatic rings. The minimum absolute atomic E-state index is 1.01. The molecule has 3 heteroatoms. The Morgan fingerprint density at radius 1 is 1.15 bits per heavy atom. The summed E-state index contributed by atoms with van der Waals surface area (Å²) in [6, 6.07) is 8.18. The molecule has 0 saturated heterocycles. The summed E-state index contributed by atoms with van der Waals surface area (Å²) < 4.78 is 1.11. The monoisotopic (exact) mass is 242 g/mol. The van der Waals surface area contributed by atoms with E-state index in [4.69, 9.17) is 0 Å². The molecule has 1 aromatic carbocycles. The largest absolute Gasteiger partial charge is 0.319 e. The first-order valence-electron chi connectivity index (χ1n) is 4.53. The van der Waals surface area contributed by atoms with Gasteiger partial charge in [0, 0.05) is 23.2 Å². The number of rotatable bonds is 4. The Morgan fingerprint density at radius 2 is 1.69 bits per heavy atom. The van der Waals surface area contributed by atoms with E-state index in [0.29, 0.717) is 0 Å². The molecule has 0 aliphatic heterocycles. The van der Waals surface area contributed by atoms with Crippen LogP contribution in [-0.2, 0) is 0 Å². The average Bonchev–Trinajstić information content (AvgIpc) is 2.17. The molecule has 1 aromatic rings. The second-order valence-electron chi connectivity index (χ2n) is 2.79. The third kappa shape index (κ3) is 3.36. The van der Waals surface area contributed by atoms with E-state index in [-0.39, 0.29) is 0 Å². The fourth-order valence-corrected chi connectivity index (χ4v) is 1.35. The van der Waals surface area contributed by atoms with Crippen LogP contribution >= 0.6 is 15.9 Å². The van der Waals surface area contributed by atoms with Crippen molar-refractivity contribution in [3.63, 3.8) is 0 Å². The van der Waals surface area contributed by atoms with E-state index in [1.54, 1.807) is 0 Å². The van der Waals surface area contributed by atoms with Gasteiger partial charge in [0.2, 0.25) is 0 Å². The summed E-state index contributed by atoms with van der Waals surface area (Å²) in [4.78, 5) is 0. The first-order chi connectivity index (χ1) is 6.26. The number of halogens is 1. The minimum atomic E-state index is 1.01. The van der Waals surface area contributed by atoms with E-state index in [1.807, 2.05) is 12.1 Å². The standard InChI is InChI=1S/C10H15BrN2/c1-3-13(4-2)12-10-7-5-9(11)6-8-10/h5-8,12H,3-4H2,1-2H3. The van der Waals surface area contributed by atoms with Crippen LogP contribution in [0.3, 0.4) is 0 Å². The highest BCUT2D eigenvalue weighted by atomic mass is 79.9. The lowest BCUT2D eigenvalue weighted by Gasteiger charge is -2.20. The highest BCUT2D eigenvalue weighted by Crippen LogP contribution is 2.14. The predicted molar refractivity (Wildman–Crippen MR) is 60.7 cm³/mol. The molecule has 0 unspecified atom stereocenters. The molecular weight excluding hydrogens is 228 g/mol. The summed E-state index contributed by atoms with van der Waals surface area (Å²) in [5, 5.41) is 2.16. The van der Waals surface area contributed by atoms with Crippen LogP contribution in [0.4, 0.5) is 5.69 Å². The lowest BCUT2D eigenvalue weighted by atomic mass is 10.3. The summed E-state index contributed by atoms with van der Waals surface area (Å²) in [7, 11) is 0. The Morgan fingerprint density at radius 3 is 2.15 bits per heavy atom. The van der Waals surface area contributed by atoms with Crippen molar-refractivity contribution in [2.45, 2.75) is 13.8 Å². The van der Waals surface area contributed by atoms with Crippen molar-refractivity contribution in [3.8, 4) is 0 Å². The van der Waals surface area contributed by atoms with Gasteiger partial charge in [0.15, 0.2) is 0 Å². The third-order valence-corrected chi connectivity index (χ3v) is 2.42. The van der Waals surface area contributed by atoms with E-state index in [2.05, 4.69) is 52.3 Å². The number of benzene rings is 1. The van der Waals surface area contributed by atoms with Crippen LogP contribution in [-0.4, -0.2) is 18.1 Å². The van der Waals surface area contributed by atoms with Gasteiger partial charge in [0.1, 0.15) is 0 Å². The number of hydrogen-bond acceptors (Lipinski definition) is 2. The zero-order chi connectivity index (χ0) is 9.68. The molecule has 0 heterocycles. The molecule has 1 rings (SSSR count). The quantitative estimate of drug-likeness (QED) is 0.817. The van der Waals surface area contributed by atoms with Gasteiger partial charge in [-0.15, -0.1) is 0 Å². The number of hydrazine groups is 1. The molecule has 0 atom stereocenters. The van der Waals surface area contributed by atoms with E-state index in [9.17, 15) is 0 Å². The maximum absolute atomic E-state index is 3.40. The number of nitrogens with zero attached hydrogens (tertiary/aromatic N) is 1. The van der Waals surface area contributed by atoms with Crippen molar-refractivity contribution >= 4 is 21.6 Å². The van der Waals surface area contributed by atoms with Gasteiger partial charge in [-0.05, 0) is 24.3 Å². The molecular formula is C10H15BrN2. The van der Waals surface area contributed by atoms with Gasteiger partial charge in [-0.2, -0.15) is 0 Å². The summed E-state index contributed by atoms with van der Waals surface area (Å²) >= 11 is 3.40. The summed E-state index contributed by atoms with van der Waals surface area (Å²) in [5.74, 6) is 0. The van der Waals surface area contributed by atoms with Crippen LogP contribution in [0.15, 0.2) is 28.7 Å². The van der Waals surface area contributed by atoms with Gasteiger partial charge in [0.05, 0.1) is 0 Å². The van der Waals surface area contributed by atoms with Crippen LogP contribution in [0, 0.1) is 0 Å². The van der Waals surface area contributed by atoms with Gasteiger partial charge < -0.3 is 5.43 Å². The molecule has 0 amide bonds. The molecule has 1 N–H and O–H groups in total. The van der Waals surface area contributed by atoms with Crippen molar-refractivity contribution in [1.29, 1.82) is 0 Å². The highest BCUT2D eigenvalue weighted by Gasteiger charge is 1.97. The predicted octanol–water partition coefficient (Wildman–Crippen LogP) is 3.12. The lowest BCUT2D eigenvalue weighted by molar-refractivity contribution is 0.367. The van der Waals surface area contributed by atoms with Crippen molar-refractivity contribution in [2.75, 3.05) is 18.5 Å². The Bertz CT molecular complexity index is 242. The van der Waals surface area contributed by atoms with E-state index >= 15 is 0 Å². The third-order valence-electron chi connectivity index (χ3n) is 1.89. The molecule has 0 fully saturated rings. The summed E-state index contributed by atoms with van der Waals surface area (Å²) in [5.41, 5.74) is 4.45. The van der Waals surface area contributed by atoms with Gasteiger partial charge >= 0.3 is 0 Å². The van der Waals surface area contributed by atoms with Crippen molar-refractivity contribution in [1.82, 2.24) is 5.01 Å². The molecule has 72 valence electrons. The molecule has 0 bridgehead atoms. The van der Waals surface area contributed by atoms with E-state index < -0.39 is 0 Å². The highest BCUT2D eigenvalue weighted by molar-refractivity contribution is 9.10. The second kappa shape index (κ2) is 5.25. The Balaban J connectivity index is 2.58. The van der Waals surface area contributed by atoms with Crippen LogP contribution < -0.4 is 5.43 Å². The van der Waals surface area contributed by atoms with Gasteiger partial charge in [-0.3, -0.25) is 0 Å². The molecule has 0 aliphatic carbocycles. The van der Waals surface area contributed by atoms with Gasteiger partial charge in [0.25, 0.3) is 0 Å². The van der Waals surface area contributed by atoms with Crippen molar-refractivity contribution in [2.24, 2.45) is 0 Å². The molecule has 0 aromatic heterocycles. The van der Waals surface area contributed by atoms with Crippen LogP contribution in [0.1, 0.15) is 13.8 Å². The fraction of sp³-hybridized carbons (Fsp3) is 0.400. The van der Waals surface area contributed by atoms with Gasteiger partial charge in [-0.1, -0.05) is 29.8 Å². The molecule has 0 spiro atoms. The van der Waals surface area contributed by atoms with Crippen LogP contribution in [0.5, 0.6) is 0 Å². The first-order valence-corrected chi connectivity index (χ1v) is 5.32.